The summed E-state index contributed by atoms with van der Waals surface area (Å²) in [5.41, 5.74) is -0.229. The monoisotopic (exact) mass is 233 g/mol. The van der Waals surface area contributed by atoms with Crippen LogP contribution in [0.5, 0.6) is 0 Å². The molecule has 0 saturated heterocycles. The van der Waals surface area contributed by atoms with Gasteiger partial charge in [0.25, 0.3) is 0 Å². The first-order valence-electron chi connectivity index (χ1n) is 6.09. The van der Waals surface area contributed by atoms with Crippen LogP contribution in [0, 0.1) is 0 Å². The Morgan fingerprint density at radius 1 is 1.25 bits per heavy atom. The lowest BCUT2D eigenvalue weighted by atomic mass is 10.00. The molecule has 2 N–H and O–H groups in total. The third-order valence-electron chi connectivity index (χ3n) is 2.43. The number of hydrogen-bond acceptors (Lipinski definition) is 4. The van der Waals surface area contributed by atoms with Gasteiger partial charge >= 0.3 is 0 Å². The van der Waals surface area contributed by atoms with Gasteiger partial charge in [-0.25, -0.2) is 0 Å². The normalized spacial score (nSPS) is 15.4. The van der Waals surface area contributed by atoms with Crippen molar-refractivity contribution in [2.45, 2.75) is 45.8 Å². The summed E-state index contributed by atoms with van der Waals surface area (Å²) in [6.07, 6.45) is 1.06. The molecular weight excluding hydrogens is 206 g/mol. The van der Waals surface area contributed by atoms with E-state index >= 15 is 0 Å². The molecule has 16 heavy (non-hydrogen) atoms. The first kappa shape index (κ1) is 15.8. The smallest absolute Gasteiger partial charge is 0.0703 e. The summed E-state index contributed by atoms with van der Waals surface area (Å²) in [5.74, 6) is 0. The molecule has 4 heteroatoms. The Kier molecular flexibility index (Phi) is 8.84. The summed E-state index contributed by atoms with van der Waals surface area (Å²) in [4.78, 5) is 0. The largest absolute Gasteiger partial charge is 0.394 e. The van der Waals surface area contributed by atoms with Crippen molar-refractivity contribution in [3.05, 3.63) is 0 Å². The Morgan fingerprint density at radius 2 is 1.94 bits per heavy atom. The first-order valence-corrected chi connectivity index (χ1v) is 6.09. The van der Waals surface area contributed by atoms with Gasteiger partial charge in [0, 0.05) is 12.1 Å². The highest BCUT2D eigenvalue weighted by molar-refractivity contribution is 4.81. The molecule has 0 radical (unpaired) electrons. The van der Waals surface area contributed by atoms with E-state index in [0.29, 0.717) is 19.8 Å². The third kappa shape index (κ3) is 8.05. The van der Waals surface area contributed by atoms with Crippen LogP contribution < -0.4 is 5.32 Å². The molecule has 98 valence electrons. The van der Waals surface area contributed by atoms with E-state index in [1.165, 1.54) is 0 Å². The molecule has 4 nitrogen and oxygen atoms in total. The Morgan fingerprint density at radius 3 is 2.44 bits per heavy atom. The van der Waals surface area contributed by atoms with Gasteiger partial charge in [-0.2, -0.15) is 0 Å². The Hall–Kier alpha value is -0.160. The van der Waals surface area contributed by atoms with Crippen molar-refractivity contribution < 1.29 is 14.6 Å². The predicted octanol–water partition coefficient (Wildman–Crippen LogP) is 1.18. The van der Waals surface area contributed by atoms with Crippen LogP contribution >= 0.6 is 0 Å². The van der Waals surface area contributed by atoms with Crippen molar-refractivity contribution in [1.29, 1.82) is 0 Å². The fraction of sp³-hybridized carbons (Fsp3) is 1.00. The lowest BCUT2D eigenvalue weighted by Crippen LogP contribution is -2.46. The van der Waals surface area contributed by atoms with Crippen molar-refractivity contribution in [1.82, 2.24) is 5.32 Å². The van der Waals surface area contributed by atoms with Crippen LogP contribution in [0.4, 0.5) is 0 Å². The van der Waals surface area contributed by atoms with E-state index < -0.39 is 0 Å². The molecule has 0 bridgehead atoms. The molecular formula is C12H27NO3. The van der Waals surface area contributed by atoms with Crippen molar-refractivity contribution >= 4 is 0 Å². The molecule has 0 aromatic rings. The number of rotatable bonds is 10. The molecule has 1 atom stereocenters. The molecule has 0 saturated carbocycles. The maximum atomic E-state index is 9.25. The summed E-state index contributed by atoms with van der Waals surface area (Å²) >= 11 is 0. The standard InChI is InChI=1S/C12H27NO3/c1-5-13-12(4,10-14)6-7-15-8-9-16-11(2)3/h11,13-14H,5-10H2,1-4H3. The van der Waals surface area contributed by atoms with Crippen LogP contribution in [0.1, 0.15) is 34.1 Å². The molecule has 0 aromatic carbocycles. The minimum absolute atomic E-state index is 0.132. The zero-order chi connectivity index (χ0) is 12.4. The summed E-state index contributed by atoms with van der Waals surface area (Å²) in [6.45, 7) is 10.9. The topological polar surface area (TPSA) is 50.7 Å². The number of aliphatic hydroxyl groups is 1. The van der Waals surface area contributed by atoms with E-state index in [9.17, 15) is 5.11 Å². The molecule has 0 fully saturated rings. The van der Waals surface area contributed by atoms with Gasteiger partial charge in [-0.05, 0) is 33.7 Å². The van der Waals surface area contributed by atoms with Crippen LogP contribution in [0.2, 0.25) is 0 Å². The Labute approximate surface area is 99.3 Å². The van der Waals surface area contributed by atoms with Crippen molar-refractivity contribution in [2.24, 2.45) is 0 Å². The molecule has 0 spiro atoms. The van der Waals surface area contributed by atoms with Crippen LogP contribution in [-0.4, -0.2) is 49.7 Å². The maximum absolute atomic E-state index is 9.25. The van der Waals surface area contributed by atoms with E-state index in [2.05, 4.69) is 5.32 Å². The molecule has 0 aliphatic rings. The highest BCUT2D eigenvalue weighted by Crippen LogP contribution is 2.08. The second-order valence-electron chi connectivity index (χ2n) is 4.53. The summed E-state index contributed by atoms with van der Waals surface area (Å²) in [7, 11) is 0. The highest BCUT2D eigenvalue weighted by Gasteiger charge is 2.21. The lowest BCUT2D eigenvalue weighted by Gasteiger charge is -2.28. The fourth-order valence-corrected chi connectivity index (χ4v) is 1.39. The summed E-state index contributed by atoms with van der Waals surface area (Å²) < 4.78 is 10.8. The third-order valence-corrected chi connectivity index (χ3v) is 2.43. The van der Waals surface area contributed by atoms with Crippen LogP contribution in [0.15, 0.2) is 0 Å². The van der Waals surface area contributed by atoms with E-state index in [-0.39, 0.29) is 18.2 Å². The number of hydrogen-bond donors (Lipinski definition) is 2. The van der Waals surface area contributed by atoms with Gasteiger partial charge in [-0.15, -0.1) is 0 Å². The van der Waals surface area contributed by atoms with Crippen molar-refractivity contribution in [2.75, 3.05) is 33.0 Å². The molecule has 0 amide bonds. The summed E-state index contributed by atoms with van der Waals surface area (Å²) in [5, 5.41) is 12.5. The van der Waals surface area contributed by atoms with Crippen molar-refractivity contribution in [3.63, 3.8) is 0 Å². The zero-order valence-corrected chi connectivity index (χ0v) is 11.1. The SMILES string of the molecule is CCNC(C)(CO)CCOCCOC(C)C. The minimum atomic E-state index is -0.229. The Bertz CT molecular complexity index is 164. The van der Waals surface area contributed by atoms with Gasteiger partial charge in [0.2, 0.25) is 0 Å². The van der Waals surface area contributed by atoms with E-state index in [0.717, 1.165) is 13.0 Å². The predicted molar refractivity (Wildman–Crippen MR) is 65.7 cm³/mol. The van der Waals surface area contributed by atoms with E-state index in [1.54, 1.807) is 0 Å². The molecule has 1 unspecified atom stereocenters. The Balaban J connectivity index is 3.48. The molecule has 0 aliphatic carbocycles. The molecule has 0 aromatic heterocycles. The summed E-state index contributed by atoms with van der Waals surface area (Å²) in [6, 6.07) is 0. The minimum Gasteiger partial charge on any atom is -0.394 e. The van der Waals surface area contributed by atoms with Gasteiger partial charge in [-0.1, -0.05) is 6.92 Å². The average Bonchev–Trinajstić information content (AvgIpc) is 2.23. The van der Waals surface area contributed by atoms with Gasteiger partial charge in [0.1, 0.15) is 0 Å². The molecule has 0 aliphatic heterocycles. The van der Waals surface area contributed by atoms with Crippen LogP contribution in [0.3, 0.4) is 0 Å². The quantitative estimate of drug-likeness (QED) is 0.556. The second-order valence-corrected chi connectivity index (χ2v) is 4.53. The van der Waals surface area contributed by atoms with E-state index in [1.807, 2.05) is 27.7 Å². The first-order chi connectivity index (χ1) is 7.54. The number of ether oxygens (including phenoxy) is 2. The van der Waals surface area contributed by atoms with E-state index in [4.69, 9.17) is 9.47 Å². The van der Waals surface area contributed by atoms with Gasteiger partial charge in [0.05, 0.1) is 25.9 Å². The highest BCUT2D eigenvalue weighted by atomic mass is 16.5. The van der Waals surface area contributed by atoms with Gasteiger partial charge in [0.15, 0.2) is 0 Å². The van der Waals surface area contributed by atoms with Crippen molar-refractivity contribution in [3.8, 4) is 0 Å². The molecule has 0 rings (SSSR count). The number of aliphatic hydroxyl groups excluding tert-OH is 1. The van der Waals surface area contributed by atoms with Gasteiger partial charge < -0.3 is 19.9 Å². The molecule has 0 heterocycles. The lowest BCUT2D eigenvalue weighted by molar-refractivity contribution is 0.0116. The maximum Gasteiger partial charge on any atom is 0.0703 e. The fourth-order valence-electron chi connectivity index (χ4n) is 1.39. The number of likely N-dealkylation sites (N-methyl/N-ethyl adjacent to an activating group) is 1. The second kappa shape index (κ2) is 8.93. The van der Waals surface area contributed by atoms with Gasteiger partial charge in [-0.3, -0.25) is 0 Å². The zero-order valence-electron chi connectivity index (χ0n) is 11.1. The number of nitrogens with one attached hydrogen (secondary N) is 1. The van der Waals surface area contributed by atoms with Crippen LogP contribution in [-0.2, 0) is 9.47 Å². The average molecular weight is 233 g/mol. The van der Waals surface area contributed by atoms with Crippen LogP contribution in [0.25, 0.3) is 0 Å².